The maximum Gasteiger partial charge on any atom is 0.226 e. The number of carbonyl (C=O) groups excluding carboxylic acids is 2. The molecular weight excluding hydrogens is 206 g/mol. The molecule has 5 nitrogen and oxygen atoms in total. The number of amides is 2. The highest BCUT2D eigenvalue weighted by molar-refractivity contribution is 5.78. The first-order valence-corrected chi connectivity index (χ1v) is 5.13. The second-order valence-electron chi connectivity index (χ2n) is 3.42. The lowest BCUT2D eigenvalue weighted by atomic mass is 10.2. The van der Waals surface area contributed by atoms with E-state index in [4.69, 9.17) is 5.73 Å². The van der Waals surface area contributed by atoms with E-state index in [-0.39, 0.29) is 18.2 Å². The third-order valence-electron chi connectivity index (χ3n) is 1.99. The predicted octanol–water partition coefficient (Wildman–Crippen LogP) is 0.00580. The van der Waals surface area contributed by atoms with E-state index in [0.717, 1.165) is 5.69 Å². The van der Waals surface area contributed by atoms with Crippen LogP contribution in [0.4, 0.5) is 0 Å². The summed E-state index contributed by atoms with van der Waals surface area (Å²) in [5.41, 5.74) is 5.70. The van der Waals surface area contributed by atoms with Crippen LogP contribution in [0.25, 0.3) is 0 Å². The number of nitrogens with two attached hydrogens (primary N) is 1. The van der Waals surface area contributed by atoms with Gasteiger partial charge in [0.2, 0.25) is 11.8 Å². The Morgan fingerprint density at radius 2 is 2.19 bits per heavy atom. The van der Waals surface area contributed by atoms with E-state index in [2.05, 4.69) is 10.3 Å². The zero-order valence-electron chi connectivity index (χ0n) is 8.98. The summed E-state index contributed by atoms with van der Waals surface area (Å²) in [6, 6.07) is 5.43. The largest absolute Gasteiger partial charge is 0.370 e. The Balaban J connectivity index is 2.19. The zero-order valence-corrected chi connectivity index (χ0v) is 8.98. The van der Waals surface area contributed by atoms with Gasteiger partial charge >= 0.3 is 0 Å². The first-order valence-electron chi connectivity index (χ1n) is 5.13. The standard InChI is InChI=1S/C11H15N3O2/c12-10(15)5-3-7-14-11(16)8-9-4-1-2-6-13-9/h1-2,4,6H,3,5,7-8H2,(H2,12,15)(H,14,16). The lowest BCUT2D eigenvalue weighted by Crippen LogP contribution is -2.27. The summed E-state index contributed by atoms with van der Waals surface area (Å²) in [7, 11) is 0. The van der Waals surface area contributed by atoms with Gasteiger partial charge in [-0.1, -0.05) is 6.07 Å². The minimum atomic E-state index is -0.348. The molecule has 16 heavy (non-hydrogen) atoms. The summed E-state index contributed by atoms with van der Waals surface area (Å²) >= 11 is 0. The van der Waals surface area contributed by atoms with Crippen LogP contribution in [0.1, 0.15) is 18.5 Å². The Morgan fingerprint density at radius 3 is 2.81 bits per heavy atom. The van der Waals surface area contributed by atoms with Crippen molar-refractivity contribution in [1.29, 1.82) is 0 Å². The molecule has 5 heteroatoms. The van der Waals surface area contributed by atoms with E-state index >= 15 is 0 Å². The van der Waals surface area contributed by atoms with Crippen LogP contribution in [0.5, 0.6) is 0 Å². The van der Waals surface area contributed by atoms with E-state index in [1.165, 1.54) is 0 Å². The number of pyridine rings is 1. The van der Waals surface area contributed by atoms with Crippen LogP contribution in [0.15, 0.2) is 24.4 Å². The smallest absolute Gasteiger partial charge is 0.226 e. The fourth-order valence-corrected chi connectivity index (χ4v) is 1.22. The quantitative estimate of drug-likeness (QED) is 0.663. The number of hydrogen-bond donors (Lipinski definition) is 2. The minimum absolute atomic E-state index is 0.0943. The lowest BCUT2D eigenvalue weighted by molar-refractivity contribution is -0.121. The predicted molar refractivity (Wildman–Crippen MR) is 59.4 cm³/mol. The van der Waals surface area contributed by atoms with Crippen LogP contribution in [0, 0.1) is 0 Å². The molecule has 0 aromatic carbocycles. The summed E-state index contributed by atoms with van der Waals surface area (Å²) in [6.45, 7) is 0.467. The van der Waals surface area contributed by atoms with Gasteiger partial charge in [-0.15, -0.1) is 0 Å². The Hall–Kier alpha value is -1.91. The van der Waals surface area contributed by atoms with Crippen LogP contribution in [-0.4, -0.2) is 23.3 Å². The molecule has 0 saturated carbocycles. The fraction of sp³-hybridized carbons (Fsp3) is 0.364. The highest BCUT2D eigenvalue weighted by Crippen LogP contribution is 1.94. The van der Waals surface area contributed by atoms with Gasteiger partial charge in [0.15, 0.2) is 0 Å². The van der Waals surface area contributed by atoms with Crippen LogP contribution in [0.3, 0.4) is 0 Å². The Bertz CT molecular complexity index is 352. The van der Waals surface area contributed by atoms with Gasteiger partial charge in [-0.25, -0.2) is 0 Å². The van der Waals surface area contributed by atoms with Gasteiger partial charge in [0.05, 0.1) is 6.42 Å². The Labute approximate surface area is 94.1 Å². The van der Waals surface area contributed by atoms with E-state index in [0.29, 0.717) is 19.4 Å². The van der Waals surface area contributed by atoms with Crippen LogP contribution >= 0.6 is 0 Å². The molecule has 2 amide bonds. The molecular formula is C11H15N3O2. The average Bonchev–Trinajstić information content (AvgIpc) is 2.25. The third kappa shape index (κ3) is 5.09. The number of aromatic nitrogens is 1. The van der Waals surface area contributed by atoms with E-state index in [1.807, 2.05) is 6.07 Å². The number of rotatable bonds is 6. The summed E-state index contributed by atoms with van der Waals surface area (Å²) in [5, 5.41) is 2.70. The van der Waals surface area contributed by atoms with Gasteiger partial charge in [-0.3, -0.25) is 14.6 Å². The number of hydrogen-bond acceptors (Lipinski definition) is 3. The molecule has 1 aromatic heterocycles. The average molecular weight is 221 g/mol. The molecule has 0 saturated heterocycles. The molecule has 0 aliphatic heterocycles. The van der Waals surface area contributed by atoms with Gasteiger partial charge < -0.3 is 11.1 Å². The van der Waals surface area contributed by atoms with E-state index in [1.54, 1.807) is 18.3 Å². The maximum absolute atomic E-state index is 11.4. The Kier molecular flexibility index (Phi) is 4.98. The van der Waals surface area contributed by atoms with Gasteiger partial charge in [-0.05, 0) is 18.6 Å². The zero-order chi connectivity index (χ0) is 11.8. The topological polar surface area (TPSA) is 85.1 Å². The molecule has 3 N–H and O–H groups in total. The van der Waals surface area contributed by atoms with Gasteiger partial charge in [0.25, 0.3) is 0 Å². The molecule has 0 aliphatic rings. The molecule has 1 rings (SSSR count). The number of nitrogens with zero attached hydrogens (tertiary/aromatic N) is 1. The normalized spacial score (nSPS) is 9.75. The fourth-order valence-electron chi connectivity index (χ4n) is 1.22. The number of carbonyl (C=O) groups is 2. The first-order chi connectivity index (χ1) is 7.68. The van der Waals surface area contributed by atoms with Crippen molar-refractivity contribution in [2.45, 2.75) is 19.3 Å². The lowest BCUT2D eigenvalue weighted by Gasteiger charge is -2.03. The molecule has 0 bridgehead atoms. The molecule has 0 fully saturated rings. The van der Waals surface area contributed by atoms with Crippen molar-refractivity contribution in [2.24, 2.45) is 5.73 Å². The SMILES string of the molecule is NC(=O)CCCNC(=O)Cc1ccccn1. The van der Waals surface area contributed by atoms with Crippen molar-refractivity contribution < 1.29 is 9.59 Å². The van der Waals surface area contributed by atoms with Gasteiger partial charge in [-0.2, -0.15) is 0 Å². The van der Waals surface area contributed by atoms with Crippen molar-refractivity contribution in [3.05, 3.63) is 30.1 Å². The second-order valence-corrected chi connectivity index (χ2v) is 3.42. The number of nitrogens with one attached hydrogen (secondary N) is 1. The summed E-state index contributed by atoms with van der Waals surface area (Å²) in [6.07, 6.45) is 2.78. The molecule has 0 radical (unpaired) electrons. The van der Waals surface area contributed by atoms with Crippen LogP contribution in [0.2, 0.25) is 0 Å². The highest BCUT2D eigenvalue weighted by atomic mass is 16.2. The van der Waals surface area contributed by atoms with Gasteiger partial charge in [0, 0.05) is 24.9 Å². The molecule has 0 aliphatic carbocycles. The summed E-state index contributed by atoms with van der Waals surface area (Å²) in [5.74, 6) is -0.442. The molecule has 0 atom stereocenters. The summed E-state index contributed by atoms with van der Waals surface area (Å²) in [4.78, 5) is 25.9. The van der Waals surface area contributed by atoms with Gasteiger partial charge in [0.1, 0.15) is 0 Å². The monoisotopic (exact) mass is 221 g/mol. The first kappa shape index (κ1) is 12.2. The Morgan fingerprint density at radius 1 is 1.38 bits per heavy atom. The number of primary amides is 1. The third-order valence-corrected chi connectivity index (χ3v) is 1.99. The van der Waals surface area contributed by atoms with Crippen LogP contribution < -0.4 is 11.1 Å². The second kappa shape index (κ2) is 6.55. The van der Waals surface area contributed by atoms with Crippen molar-refractivity contribution >= 4 is 11.8 Å². The molecule has 1 aromatic rings. The molecule has 1 heterocycles. The van der Waals surface area contributed by atoms with Crippen molar-refractivity contribution in [1.82, 2.24) is 10.3 Å². The van der Waals surface area contributed by atoms with Crippen molar-refractivity contribution in [3.63, 3.8) is 0 Å². The molecule has 86 valence electrons. The maximum atomic E-state index is 11.4. The van der Waals surface area contributed by atoms with E-state index in [9.17, 15) is 9.59 Å². The molecule has 0 unspecified atom stereocenters. The van der Waals surface area contributed by atoms with Crippen molar-refractivity contribution in [2.75, 3.05) is 6.54 Å². The van der Waals surface area contributed by atoms with Crippen LogP contribution in [-0.2, 0) is 16.0 Å². The summed E-state index contributed by atoms with van der Waals surface area (Å²) < 4.78 is 0. The molecule has 0 spiro atoms. The highest BCUT2D eigenvalue weighted by Gasteiger charge is 2.03. The minimum Gasteiger partial charge on any atom is -0.370 e. The van der Waals surface area contributed by atoms with Crippen molar-refractivity contribution in [3.8, 4) is 0 Å². The van der Waals surface area contributed by atoms with E-state index < -0.39 is 0 Å².